The molecule has 20 heavy (non-hydrogen) atoms. The van der Waals surface area contributed by atoms with Crippen molar-refractivity contribution < 1.29 is 27.1 Å². The lowest BCUT2D eigenvalue weighted by Crippen LogP contribution is -2.52. The Hall–Kier alpha value is -1.58. The Morgan fingerprint density at radius 3 is 2.95 bits per heavy atom. The Kier molecular flexibility index (Phi) is 4.31. The lowest BCUT2D eigenvalue weighted by Gasteiger charge is -2.32. The van der Waals surface area contributed by atoms with Crippen molar-refractivity contribution in [1.29, 1.82) is 0 Å². The molecule has 1 atom stereocenters. The van der Waals surface area contributed by atoms with Crippen molar-refractivity contribution >= 4 is 16.0 Å². The van der Waals surface area contributed by atoms with Gasteiger partial charge in [-0.3, -0.25) is 9.78 Å². The third kappa shape index (κ3) is 2.79. The minimum absolute atomic E-state index is 0.0153. The third-order valence-corrected chi connectivity index (χ3v) is 4.71. The van der Waals surface area contributed by atoms with E-state index in [0.29, 0.717) is 0 Å². The van der Waals surface area contributed by atoms with Crippen molar-refractivity contribution in [3.63, 3.8) is 0 Å². The molecule has 1 saturated heterocycles. The van der Waals surface area contributed by atoms with E-state index in [1.807, 2.05) is 0 Å². The maximum atomic E-state index is 13.1. The van der Waals surface area contributed by atoms with E-state index in [4.69, 9.17) is 4.74 Å². The van der Waals surface area contributed by atoms with Crippen LogP contribution in [0.5, 0.6) is 0 Å². The molecular formula is C11H13FN2O5S. The third-order valence-electron chi connectivity index (χ3n) is 2.84. The molecule has 110 valence electrons. The first kappa shape index (κ1) is 14.8. The Morgan fingerprint density at radius 2 is 2.30 bits per heavy atom. The fraction of sp³-hybridized carbons (Fsp3) is 0.455. The molecule has 0 saturated carbocycles. The Morgan fingerprint density at radius 1 is 1.55 bits per heavy atom. The SMILES string of the molecule is COC(=O)C1COCCN1S(=O)(=O)c1cncc(F)c1. The van der Waals surface area contributed by atoms with Gasteiger partial charge in [0.05, 0.1) is 26.5 Å². The molecule has 7 nitrogen and oxygen atoms in total. The van der Waals surface area contributed by atoms with E-state index < -0.39 is 27.9 Å². The number of aromatic nitrogens is 1. The van der Waals surface area contributed by atoms with Gasteiger partial charge in [0.25, 0.3) is 0 Å². The second-order valence-electron chi connectivity index (χ2n) is 4.07. The van der Waals surface area contributed by atoms with Gasteiger partial charge in [0, 0.05) is 12.7 Å². The summed E-state index contributed by atoms with van der Waals surface area (Å²) in [7, 11) is -2.88. The molecule has 9 heteroatoms. The second kappa shape index (κ2) is 5.81. The highest BCUT2D eigenvalue weighted by Crippen LogP contribution is 2.21. The van der Waals surface area contributed by atoms with E-state index in [1.54, 1.807) is 0 Å². The first-order chi connectivity index (χ1) is 9.46. The summed E-state index contributed by atoms with van der Waals surface area (Å²) < 4.78 is 48.6. The molecule has 0 aromatic carbocycles. The summed E-state index contributed by atoms with van der Waals surface area (Å²) in [5.74, 6) is -1.49. The zero-order valence-electron chi connectivity index (χ0n) is 10.7. The minimum atomic E-state index is -4.04. The molecule has 1 fully saturated rings. The largest absolute Gasteiger partial charge is 0.468 e. The predicted octanol–water partition coefficient (Wildman–Crippen LogP) is -0.217. The van der Waals surface area contributed by atoms with E-state index in [0.717, 1.165) is 29.9 Å². The summed E-state index contributed by atoms with van der Waals surface area (Å²) in [5, 5.41) is 0. The van der Waals surface area contributed by atoms with Crippen LogP contribution in [0.1, 0.15) is 0 Å². The molecule has 0 radical (unpaired) electrons. The molecule has 1 unspecified atom stereocenters. The number of ether oxygens (including phenoxy) is 2. The molecule has 0 aliphatic carbocycles. The molecule has 0 spiro atoms. The molecule has 0 amide bonds. The zero-order valence-corrected chi connectivity index (χ0v) is 11.5. The fourth-order valence-corrected chi connectivity index (χ4v) is 3.39. The summed E-state index contributed by atoms with van der Waals surface area (Å²) in [6, 6.07) is -0.228. The smallest absolute Gasteiger partial charge is 0.326 e. The molecule has 0 N–H and O–H groups in total. The van der Waals surface area contributed by atoms with Crippen LogP contribution in [0.4, 0.5) is 4.39 Å². The average molecular weight is 304 g/mol. The van der Waals surface area contributed by atoms with Gasteiger partial charge >= 0.3 is 5.97 Å². The number of pyridine rings is 1. The Labute approximate surface area is 115 Å². The van der Waals surface area contributed by atoms with Gasteiger partial charge in [-0.1, -0.05) is 0 Å². The molecule has 2 rings (SSSR count). The highest BCUT2D eigenvalue weighted by molar-refractivity contribution is 7.89. The number of nitrogens with zero attached hydrogens (tertiary/aromatic N) is 2. The molecular weight excluding hydrogens is 291 g/mol. The van der Waals surface area contributed by atoms with E-state index in [-0.39, 0.29) is 24.7 Å². The van der Waals surface area contributed by atoms with Crippen molar-refractivity contribution in [3.8, 4) is 0 Å². The molecule has 0 bridgehead atoms. The van der Waals surface area contributed by atoms with E-state index >= 15 is 0 Å². The normalized spacial score (nSPS) is 20.6. The molecule has 1 aromatic heterocycles. The van der Waals surface area contributed by atoms with E-state index in [2.05, 4.69) is 9.72 Å². The van der Waals surface area contributed by atoms with Crippen LogP contribution in [0.25, 0.3) is 0 Å². The maximum absolute atomic E-state index is 13.1. The van der Waals surface area contributed by atoms with Crippen LogP contribution >= 0.6 is 0 Å². The standard InChI is InChI=1S/C11H13FN2O5S/c1-18-11(15)10-7-19-3-2-14(10)20(16,17)9-4-8(12)5-13-6-9/h4-6,10H,2-3,7H2,1H3. The number of rotatable bonds is 3. The average Bonchev–Trinajstić information content (AvgIpc) is 2.46. The van der Waals surface area contributed by atoms with Gasteiger partial charge in [0.15, 0.2) is 0 Å². The van der Waals surface area contributed by atoms with Crippen molar-refractivity contribution in [1.82, 2.24) is 9.29 Å². The predicted molar refractivity (Wildman–Crippen MR) is 64.7 cm³/mol. The van der Waals surface area contributed by atoms with Crippen LogP contribution in [0.15, 0.2) is 23.4 Å². The number of hydrogen-bond donors (Lipinski definition) is 0. The van der Waals surface area contributed by atoms with Crippen molar-refractivity contribution in [2.45, 2.75) is 10.9 Å². The van der Waals surface area contributed by atoms with Gasteiger partial charge in [0.2, 0.25) is 10.0 Å². The summed E-state index contributed by atoms with van der Waals surface area (Å²) in [4.78, 5) is 14.8. The number of halogens is 1. The number of morpholine rings is 1. The van der Waals surface area contributed by atoms with Gasteiger partial charge in [-0.15, -0.1) is 0 Å². The zero-order chi connectivity index (χ0) is 14.8. The summed E-state index contributed by atoms with van der Waals surface area (Å²) in [6.45, 7) is 0.0305. The number of methoxy groups -OCH3 is 1. The van der Waals surface area contributed by atoms with Gasteiger partial charge < -0.3 is 9.47 Å². The number of carbonyl (C=O) groups is 1. The lowest BCUT2D eigenvalue weighted by atomic mass is 10.3. The first-order valence-corrected chi connectivity index (χ1v) is 7.19. The van der Waals surface area contributed by atoms with Gasteiger partial charge in [0.1, 0.15) is 16.8 Å². The van der Waals surface area contributed by atoms with Crippen molar-refractivity contribution in [2.75, 3.05) is 26.9 Å². The van der Waals surface area contributed by atoms with E-state index in [9.17, 15) is 17.6 Å². The van der Waals surface area contributed by atoms with Crippen LogP contribution in [-0.2, 0) is 24.3 Å². The monoisotopic (exact) mass is 304 g/mol. The van der Waals surface area contributed by atoms with Crippen molar-refractivity contribution in [2.24, 2.45) is 0 Å². The summed E-state index contributed by atoms with van der Waals surface area (Å²) >= 11 is 0. The quantitative estimate of drug-likeness (QED) is 0.718. The van der Waals surface area contributed by atoms with Crippen LogP contribution in [0.2, 0.25) is 0 Å². The maximum Gasteiger partial charge on any atom is 0.326 e. The lowest BCUT2D eigenvalue weighted by molar-refractivity contribution is -0.149. The molecule has 2 heterocycles. The topological polar surface area (TPSA) is 85.8 Å². The van der Waals surface area contributed by atoms with Crippen LogP contribution in [0, 0.1) is 5.82 Å². The molecule has 1 aliphatic heterocycles. The summed E-state index contributed by atoms with van der Waals surface area (Å²) in [6.07, 6.45) is 1.93. The number of carbonyl (C=O) groups excluding carboxylic acids is 1. The Bertz CT molecular complexity index is 607. The van der Waals surface area contributed by atoms with Crippen molar-refractivity contribution in [3.05, 3.63) is 24.3 Å². The van der Waals surface area contributed by atoms with E-state index in [1.165, 1.54) is 0 Å². The van der Waals surface area contributed by atoms with Crippen LogP contribution in [-0.4, -0.2) is 56.6 Å². The number of sulfonamides is 1. The highest BCUT2D eigenvalue weighted by atomic mass is 32.2. The fourth-order valence-electron chi connectivity index (χ4n) is 1.87. The summed E-state index contributed by atoms with van der Waals surface area (Å²) in [5.41, 5.74) is 0. The number of hydrogen-bond acceptors (Lipinski definition) is 6. The van der Waals surface area contributed by atoms with Gasteiger partial charge in [-0.2, -0.15) is 4.31 Å². The van der Waals surface area contributed by atoms with Crippen LogP contribution < -0.4 is 0 Å². The second-order valence-corrected chi connectivity index (χ2v) is 5.96. The first-order valence-electron chi connectivity index (χ1n) is 5.75. The Balaban J connectivity index is 2.38. The highest BCUT2D eigenvalue weighted by Gasteiger charge is 2.39. The number of esters is 1. The molecule has 1 aliphatic rings. The minimum Gasteiger partial charge on any atom is -0.468 e. The van der Waals surface area contributed by atoms with Crippen LogP contribution in [0.3, 0.4) is 0 Å². The van der Waals surface area contributed by atoms with Gasteiger partial charge in [-0.25, -0.2) is 12.8 Å². The molecule has 1 aromatic rings. The van der Waals surface area contributed by atoms with Gasteiger partial charge in [-0.05, 0) is 6.07 Å².